The first-order valence-corrected chi connectivity index (χ1v) is 29.5. The minimum absolute atomic E-state index is 0.0617. The van der Waals surface area contributed by atoms with Gasteiger partial charge in [-0.2, -0.15) is 0 Å². The van der Waals surface area contributed by atoms with Crippen LogP contribution >= 0.6 is 0 Å². The summed E-state index contributed by atoms with van der Waals surface area (Å²) in [6, 6.07) is -0.712. The zero-order chi connectivity index (χ0) is 49.5. The van der Waals surface area contributed by atoms with Crippen LogP contribution in [-0.2, 0) is 14.3 Å². The Kier molecular flexibility index (Phi) is 53.5. The predicted octanol–water partition coefficient (Wildman–Crippen LogP) is 18.4. The molecular weight excluding hydrogens is 839 g/mol. The van der Waals surface area contributed by atoms with E-state index in [4.69, 9.17) is 4.74 Å². The monoisotopic (exact) mass is 952 g/mol. The number of esters is 1. The summed E-state index contributed by atoms with van der Waals surface area (Å²) >= 11 is 0. The minimum Gasteiger partial charge on any atom is -0.462 e. The molecule has 0 aliphatic carbocycles. The van der Waals surface area contributed by atoms with Gasteiger partial charge in [-0.1, -0.05) is 255 Å². The average Bonchev–Trinajstić information content (AvgIpc) is 3.33. The number of hydrogen-bond acceptors (Lipinski definition) is 5. The van der Waals surface area contributed by atoms with E-state index < -0.39 is 18.2 Å². The Morgan fingerprint density at radius 1 is 0.441 bits per heavy atom. The van der Waals surface area contributed by atoms with E-state index in [0.29, 0.717) is 19.3 Å². The number of ether oxygens (including phenoxy) is 1. The summed E-state index contributed by atoms with van der Waals surface area (Å²) in [6.45, 7) is 6.39. The van der Waals surface area contributed by atoms with E-state index in [0.717, 1.165) is 89.9 Å². The Balaban J connectivity index is 4.60. The van der Waals surface area contributed by atoms with Gasteiger partial charge in [-0.05, 0) is 89.9 Å². The maximum Gasteiger partial charge on any atom is 0.306 e. The van der Waals surface area contributed by atoms with Crippen LogP contribution in [0.4, 0.5) is 0 Å². The highest BCUT2D eigenvalue weighted by Gasteiger charge is 2.24. The van der Waals surface area contributed by atoms with E-state index in [1.165, 1.54) is 161 Å². The van der Waals surface area contributed by atoms with Gasteiger partial charge in [0.15, 0.2) is 0 Å². The fourth-order valence-electron chi connectivity index (χ4n) is 8.89. The molecule has 0 bridgehead atoms. The van der Waals surface area contributed by atoms with Gasteiger partial charge in [0.1, 0.15) is 6.10 Å². The molecule has 0 aliphatic rings. The highest BCUT2D eigenvalue weighted by Crippen LogP contribution is 2.18. The quantitative estimate of drug-likeness (QED) is 0.0321. The fraction of sp³-hybridized carbons (Fsp3) is 0.806. The van der Waals surface area contributed by atoms with Crippen LogP contribution in [0, 0.1) is 0 Å². The van der Waals surface area contributed by atoms with Gasteiger partial charge < -0.3 is 20.3 Å². The second-order valence-corrected chi connectivity index (χ2v) is 20.0. The van der Waals surface area contributed by atoms with Crippen molar-refractivity contribution in [2.45, 2.75) is 315 Å². The summed E-state index contributed by atoms with van der Waals surface area (Å²) in [5.41, 5.74) is 0. The maximum atomic E-state index is 13.3. The Morgan fingerprint density at radius 3 is 1.22 bits per heavy atom. The lowest BCUT2D eigenvalue weighted by atomic mass is 10.0. The second-order valence-electron chi connectivity index (χ2n) is 20.0. The van der Waals surface area contributed by atoms with Crippen LogP contribution < -0.4 is 5.32 Å². The zero-order valence-electron chi connectivity index (χ0n) is 45.2. The molecule has 0 aromatic rings. The molecule has 3 atom stereocenters. The molecule has 3 N–H and O–H groups in total. The molecule has 0 aromatic carbocycles. The van der Waals surface area contributed by atoms with E-state index >= 15 is 0 Å². The summed E-state index contributed by atoms with van der Waals surface area (Å²) in [6.07, 6.45) is 70.0. The topological polar surface area (TPSA) is 95.9 Å². The Morgan fingerprint density at radius 2 is 0.794 bits per heavy atom. The largest absolute Gasteiger partial charge is 0.462 e. The third-order valence-electron chi connectivity index (χ3n) is 13.3. The number of unbranched alkanes of at least 4 members (excludes halogenated alkanes) is 31. The van der Waals surface area contributed by atoms with Gasteiger partial charge in [-0.15, -0.1) is 0 Å². The van der Waals surface area contributed by atoms with Gasteiger partial charge in [0.05, 0.1) is 25.2 Å². The van der Waals surface area contributed by atoms with E-state index in [1.54, 1.807) is 0 Å². The van der Waals surface area contributed by atoms with E-state index in [2.05, 4.69) is 86.8 Å². The number of rotatable bonds is 53. The summed E-state index contributed by atoms with van der Waals surface area (Å²) in [5, 5.41) is 23.9. The molecule has 3 unspecified atom stereocenters. The maximum absolute atomic E-state index is 13.3. The highest BCUT2D eigenvalue weighted by atomic mass is 16.5. The third kappa shape index (κ3) is 50.0. The second kappa shape index (κ2) is 55.5. The van der Waals surface area contributed by atoms with E-state index in [9.17, 15) is 19.8 Å². The number of hydrogen-bond donors (Lipinski definition) is 3. The van der Waals surface area contributed by atoms with Crippen LogP contribution in [0.15, 0.2) is 60.8 Å². The Hall–Kier alpha value is -2.44. The summed E-state index contributed by atoms with van der Waals surface area (Å²) in [4.78, 5) is 26.3. The van der Waals surface area contributed by atoms with Gasteiger partial charge in [0.2, 0.25) is 5.91 Å². The standard InChI is InChI=1S/C62H113NO5/c1-4-7-10-13-16-19-22-25-28-31-32-35-38-41-44-47-50-53-58(68-62(67)55-52-49-46-43-40-37-34-30-27-24-21-18-15-12-9-6-3)56-61(66)63-59(57-64)60(65)54-51-48-45-42-39-36-33-29-26-23-20-17-14-11-8-5-2/h9,12,18,21,25,27-28,30,37,40,58-60,64-65H,4-8,10-11,13-17,19-20,22-24,26,29,31-36,38-39,41-57H2,1-3H3,(H,63,66)/b12-9+,21-18+,28-25+,30-27+,40-37+. The summed E-state index contributed by atoms with van der Waals surface area (Å²) < 4.78 is 5.95. The number of carbonyl (C=O) groups is 2. The van der Waals surface area contributed by atoms with Crippen molar-refractivity contribution in [3.63, 3.8) is 0 Å². The molecule has 6 nitrogen and oxygen atoms in total. The summed E-state index contributed by atoms with van der Waals surface area (Å²) in [5.74, 6) is -0.506. The van der Waals surface area contributed by atoms with Crippen molar-refractivity contribution in [3.8, 4) is 0 Å². The number of aliphatic hydroxyl groups is 2. The van der Waals surface area contributed by atoms with Crippen LogP contribution in [0.2, 0.25) is 0 Å². The highest BCUT2D eigenvalue weighted by molar-refractivity contribution is 5.77. The molecule has 396 valence electrons. The molecule has 0 aromatic heterocycles. The molecule has 0 aliphatic heterocycles. The summed E-state index contributed by atoms with van der Waals surface area (Å²) in [7, 11) is 0. The Bertz CT molecular complexity index is 1210. The van der Waals surface area contributed by atoms with Crippen molar-refractivity contribution < 1.29 is 24.5 Å². The van der Waals surface area contributed by atoms with Crippen molar-refractivity contribution in [2.75, 3.05) is 6.61 Å². The SMILES string of the molecule is CC/C=C/C/C=C/C/C=C/C/C=C/CCCCCC(=O)OC(CCCCCCCCC/C=C/CCCCCCCC)CC(=O)NC(CO)C(O)CCCCCCCCCCCCCCCCCC. The Labute approximate surface area is 422 Å². The molecule has 0 saturated heterocycles. The van der Waals surface area contributed by atoms with Crippen LogP contribution in [0.5, 0.6) is 0 Å². The van der Waals surface area contributed by atoms with Gasteiger partial charge >= 0.3 is 5.97 Å². The van der Waals surface area contributed by atoms with Crippen molar-refractivity contribution in [3.05, 3.63) is 60.8 Å². The van der Waals surface area contributed by atoms with Gasteiger partial charge in [0, 0.05) is 6.42 Å². The van der Waals surface area contributed by atoms with Crippen LogP contribution in [-0.4, -0.2) is 46.9 Å². The molecule has 0 heterocycles. The number of aliphatic hydroxyl groups excluding tert-OH is 2. The number of nitrogens with one attached hydrogen (secondary N) is 1. The fourth-order valence-corrected chi connectivity index (χ4v) is 8.89. The molecule has 0 saturated carbocycles. The van der Waals surface area contributed by atoms with E-state index in [-0.39, 0.29) is 24.9 Å². The van der Waals surface area contributed by atoms with Crippen molar-refractivity contribution in [1.29, 1.82) is 0 Å². The van der Waals surface area contributed by atoms with Gasteiger partial charge in [-0.3, -0.25) is 9.59 Å². The zero-order valence-corrected chi connectivity index (χ0v) is 45.2. The van der Waals surface area contributed by atoms with Crippen LogP contribution in [0.1, 0.15) is 297 Å². The van der Waals surface area contributed by atoms with Crippen molar-refractivity contribution in [2.24, 2.45) is 0 Å². The number of carbonyl (C=O) groups excluding carboxylic acids is 2. The molecule has 6 heteroatoms. The van der Waals surface area contributed by atoms with E-state index in [1.807, 2.05) is 0 Å². The molecule has 0 radical (unpaired) electrons. The molecule has 68 heavy (non-hydrogen) atoms. The first-order chi connectivity index (χ1) is 33.5. The third-order valence-corrected chi connectivity index (χ3v) is 13.3. The van der Waals surface area contributed by atoms with Gasteiger partial charge in [-0.25, -0.2) is 0 Å². The van der Waals surface area contributed by atoms with Gasteiger partial charge in [0.25, 0.3) is 0 Å². The number of amides is 1. The predicted molar refractivity (Wildman–Crippen MR) is 296 cm³/mol. The first kappa shape index (κ1) is 65.6. The molecular formula is C62H113NO5. The normalized spacial score (nSPS) is 13.5. The smallest absolute Gasteiger partial charge is 0.306 e. The lowest BCUT2D eigenvalue weighted by Gasteiger charge is -2.24. The van der Waals surface area contributed by atoms with Crippen LogP contribution in [0.3, 0.4) is 0 Å². The minimum atomic E-state index is -0.797. The molecule has 1 amide bonds. The molecule has 0 fully saturated rings. The van der Waals surface area contributed by atoms with Crippen molar-refractivity contribution in [1.82, 2.24) is 5.32 Å². The molecule has 0 rings (SSSR count). The molecule has 0 spiro atoms. The lowest BCUT2D eigenvalue weighted by molar-refractivity contribution is -0.151. The van der Waals surface area contributed by atoms with Crippen molar-refractivity contribution >= 4 is 11.9 Å². The lowest BCUT2D eigenvalue weighted by Crippen LogP contribution is -2.46. The number of allylic oxidation sites excluding steroid dienone is 10. The van der Waals surface area contributed by atoms with Crippen LogP contribution in [0.25, 0.3) is 0 Å². The average molecular weight is 953 g/mol. The first-order valence-electron chi connectivity index (χ1n) is 29.5.